The number of hydrogen-bond acceptors (Lipinski definition) is 6. The van der Waals surface area contributed by atoms with E-state index in [9.17, 15) is 13.2 Å². The van der Waals surface area contributed by atoms with Crippen LogP contribution in [0.1, 0.15) is 5.56 Å². The van der Waals surface area contributed by atoms with Gasteiger partial charge in [0.1, 0.15) is 18.0 Å². The highest BCUT2D eigenvalue weighted by molar-refractivity contribution is 7.92. The normalized spacial score (nSPS) is 14.3. The van der Waals surface area contributed by atoms with Crippen molar-refractivity contribution in [1.82, 2.24) is 9.80 Å². The highest BCUT2D eigenvalue weighted by Gasteiger charge is 2.32. The van der Waals surface area contributed by atoms with Gasteiger partial charge in [0, 0.05) is 38.8 Å². The van der Waals surface area contributed by atoms with Gasteiger partial charge in [-0.05, 0) is 29.8 Å². The molecule has 3 aromatic rings. The predicted octanol–water partition coefficient (Wildman–Crippen LogP) is 3.24. The summed E-state index contributed by atoms with van der Waals surface area (Å²) in [7, 11) is -1.06. The van der Waals surface area contributed by atoms with Gasteiger partial charge in [0.2, 0.25) is 5.91 Å². The van der Waals surface area contributed by atoms with E-state index >= 15 is 0 Å². The third-order valence-corrected chi connectivity index (χ3v) is 8.01. The van der Waals surface area contributed by atoms with Gasteiger partial charge in [0.05, 0.1) is 24.8 Å². The number of sulfonamides is 1. The van der Waals surface area contributed by atoms with Gasteiger partial charge in [-0.25, -0.2) is 8.42 Å². The average molecular weight is 510 g/mol. The van der Waals surface area contributed by atoms with E-state index in [4.69, 9.17) is 9.47 Å². The Morgan fingerprint density at radius 2 is 1.50 bits per heavy atom. The summed E-state index contributed by atoms with van der Waals surface area (Å²) in [5, 5.41) is 0. The van der Waals surface area contributed by atoms with E-state index in [2.05, 4.69) is 17.0 Å². The lowest BCUT2D eigenvalue weighted by molar-refractivity contribution is -0.131. The van der Waals surface area contributed by atoms with Crippen molar-refractivity contribution in [1.29, 1.82) is 0 Å². The molecule has 0 aliphatic carbocycles. The molecule has 190 valence electrons. The van der Waals surface area contributed by atoms with Crippen LogP contribution >= 0.6 is 0 Å². The molecule has 0 spiro atoms. The van der Waals surface area contributed by atoms with Crippen LogP contribution in [0, 0.1) is 0 Å². The lowest BCUT2D eigenvalue weighted by Crippen LogP contribution is -2.51. The van der Waals surface area contributed by atoms with Crippen molar-refractivity contribution in [3.05, 3.63) is 84.4 Å². The van der Waals surface area contributed by atoms with Crippen molar-refractivity contribution in [2.45, 2.75) is 11.4 Å². The first-order chi connectivity index (χ1) is 17.4. The number of rotatable bonds is 9. The fourth-order valence-electron chi connectivity index (χ4n) is 4.23. The van der Waals surface area contributed by atoms with Crippen molar-refractivity contribution in [3.63, 3.8) is 0 Å². The molecular weight excluding hydrogens is 478 g/mol. The maximum Gasteiger partial charge on any atom is 0.264 e. The SMILES string of the molecule is COc1ccc(N(CC(=O)N2CCN(Cc3ccccc3)CC2)S(=O)(=O)c2ccccc2)c(OC)c1. The molecule has 0 atom stereocenters. The molecule has 9 heteroatoms. The molecule has 0 radical (unpaired) electrons. The zero-order valence-corrected chi connectivity index (χ0v) is 21.4. The highest BCUT2D eigenvalue weighted by atomic mass is 32.2. The molecule has 0 unspecified atom stereocenters. The van der Waals surface area contributed by atoms with E-state index in [1.165, 1.54) is 31.9 Å². The fraction of sp³-hybridized carbons (Fsp3) is 0.296. The first kappa shape index (κ1) is 25.5. The molecule has 1 fully saturated rings. The summed E-state index contributed by atoms with van der Waals surface area (Å²) in [6.45, 7) is 2.99. The molecule has 1 aliphatic rings. The minimum atomic E-state index is -4.04. The van der Waals surface area contributed by atoms with E-state index in [0.29, 0.717) is 24.6 Å². The van der Waals surface area contributed by atoms with Crippen LogP contribution in [0.2, 0.25) is 0 Å². The van der Waals surface area contributed by atoms with Crippen LogP contribution in [0.5, 0.6) is 11.5 Å². The number of ether oxygens (including phenoxy) is 2. The van der Waals surface area contributed by atoms with E-state index < -0.39 is 10.0 Å². The maximum absolute atomic E-state index is 13.7. The largest absolute Gasteiger partial charge is 0.497 e. The summed E-state index contributed by atoms with van der Waals surface area (Å²) in [5.41, 5.74) is 1.50. The summed E-state index contributed by atoms with van der Waals surface area (Å²) in [6.07, 6.45) is 0. The van der Waals surface area contributed by atoms with E-state index in [1.807, 2.05) is 18.2 Å². The average Bonchev–Trinajstić information content (AvgIpc) is 2.92. The second-order valence-corrected chi connectivity index (χ2v) is 10.4. The van der Waals surface area contributed by atoms with Crippen LogP contribution in [0.3, 0.4) is 0 Å². The van der Waals surface area contributed by atoms with Gasteiger partial charge in [0.15, 0.2) is 0 Å². The number of nitrogens with zero attached hydrogens (tertiary/aromatic N) is 3. The van der Waals surface area contributed by atoms with Gasteiger partial charge >= 0.3 is 0 Å². The van der Waals surface area contributed by atoms with Gasteiger partial charge in [-0.2, -0.15) is 0 Å². The summed E-state index contributed by atoms with van der Waals surface area (Å²) < 4.78 is 39.2. The second kappa shape index (κ2) is 11.5. The Kier molecular flexibility index (Phi) is 8.12. The van der Waals surface area contributed by atoms with Gasteiger partial charge in [-0.3, -0.25) is 14.0 Å². The fourth-order valence-corrected chi connectivity index (χ4v) is 5.68. The number of anilines is 1. The summed E-state index contributed by atoms with van der Waals surface area (Å²) >= 11 is 0. The third kappa shape index (κ3) is 5.80. The van der Waals surface area contributed by atoms with Gasteiger partial charge in [0.25, 0.3) is 10.0 Å². The van der Waals surface area contributed by atoms with Crippen molar-refractivity contribution < 1.29 is 22.7 Å². The molecule has 8 nitrogen and oxygen atoms in total. The quantitative estimate of drug-likeness (QED) is 0.441. The van der Waals surface area contributed by atoms with Crippen molar-refractivity contribution in [3.8, 4) is 11.5 Å². The molecule has 1 aliphatic heterocycles. The van der Waals surface area contributed by atoms with Crippen molar-refractivity contribution in [2.24, 2.45) is 0 Å². The van der Waals surface area contributed by atoms with Crippen LogP contribution in [-0.4, -0.2) is 71.1 Å². The monoisotopic (exact) mass is 509 g/mol. The highest BCUT2D eigenvalue weighted by Crippen LogP contribution is 2.35. The van der Waals surface area contributed by atoms with Crippen LogP contribution in [0.15, 0.2) is 83.8 Å². The van der Waals surface area contributed by atoms with Crippen molar-refractivity contribution in [2.75, 3.05) is 51.2 Å². The predicted molar refractivity (Wildman–Crippen MR) is 139 cm³/mol. The van der Waals surface area contributed by atoms with Gasteiger partial charge < -0.3 is 14.4 Å². The molecule has 0 saturated carbocycles. The Morgan fingerprint density at radius 1 is 0.861 bits per heavy atom. The maximum atomic E-state index is 13.7. The summed E-state index contributed by atoms with van der Waals surface area (Å²) in [6, 6.07) is 23.2. The van der Waals surface area contributed by atoms with Crippen LogP contribution < -0.4 is 13.8 Å². The number of amides is 1. The third-order valence-electron chi connectivity index (χ3n) is 6.24. The summed E-state index contributed by atoms with van der Waals surface area (Å²) in [5.74, 6) is 0.564. The molecular formula is C27H31N3O5S. The minimum Gasteiger partial charge on any atom is -0.497 e. The molecule has 1 saturated heterocycles. The zero-order chi connectivity index (χ0) is 25.5. The van der Waals surface area contributed by atoms with Crippen LogP contribution in [-0.2, 0) is 21.4 Å². The number of carbonyl (C=O) groups excluding carboxylic acids is 1. The molecule has 1 heterocycles. The summed E-state index contributed by atoms with van der Waals surface area (Å²) in [4.78, 5) is 17.5. The smallest absolute Gasteiger partial charge is 0.264 e. The van der Waals surface area contributed by atoms with E-state index in [0.717, 1.165) is 23.9 Å². The molecule has 0 aromatic heterocycles. The minimum absolute atomic E-state index is 0.100. The molecule has 3 aromatic carbocycles. The lowest BCUT2D eigenvalue weighted by atomic mass is 10.2. The Labute approximate surface area is 212 Å². The molecule has 36 heavy (non-hydrogen) atoms. The Morgan fingerprint density at radius 3 is 2.11 bits per heavy atom. The molecule has 1 amide bonds. The molecule has 0 bridgehead atoms. The van der Waals surface area contributed by atoms with Gasteiger partial charge in [-0.15, -0.1) is 0 Å². The second-order valence-electron chi connectivity index (χ2n) is 8.51. The van der Waals surface area contributed by atoms with E-state index in [1.54, 1.807) is 41.3 Å². The number of methoxy groups -OCH3 is 2. The van der Waals surface area contributed by atoms with E-state index in [-0.39, 0.29) is 23.0 Å². The van der Waals surface area contributed by atoms with Crippen LogP contribution in [0.4, 0.5) is 5.69 Å². The number of hydrogen-bond donors (Lipinski definition) is 0. The van der Waals surface area contributed by atoms with Gasteiger partial charge in [-0.1, -0.05) is 48.5 Å². The van der Waals surface area contributed by atoms with Crippen LogP contribution in [0.25, 0.3) is 0 Å². The Balaban J connectivity index is 1.55. The number of carbonyl (C=O) groups is 1. The molecule has 4 rings (SSSR count). The topological polar surface area (TPSA) is 79.4 Å². The van der Waals surface area contributed by atoms with Crippen molar-refractivity contribution >= 4 is 21.6 Å². The first-order valence-electron chi connectivity index (χ1n) is 11.8. The molecule has 0 N–H and O–H groups in total. The number of benzene rings is 3. The standard InChI is InChI=1S/C27H31N3O5S/c1-34-23-13-14-25(26(19-23)35-2)30(36(32,33)24-11-7-4-8-12-24)21-27(31)29-17-15-28(16-18-29)20-22-9-5-3-6-10-22/h3-14,19H,15-18,20-21H2,1-2H3. The lowest BCUT2D eigenvalue weighted by Gasteiger charge is -2.36. The Bertz CT molecular complexity index is 1260. The first-order valence-corrected chi connectivity index (χ1v) is 13.2. The zero-order valence-electron chi connectivity index (χ0n) is 20.5. The number of piperazine rings is 1. The Hall–Kier alpha value is -3.56.